The summed E-state index contributed by atoms with van der Waals surface area (Å²) in [6.07, 6.45) is 4.13. The Labute approximate surface area is 102 Å². The lowest BCUT2D eigenvalue weighted by Crippen LogP contribution is -2.23. The molecule has 3 N–H and O–H groups in total. The first-order valence-corrected chi connectivity index (χ1v) is 5.04. The fourth-order valence-electron chi connectivity index (χ4n) is 1.11. The summed E-state index contributed by atoms with van der Waals surface area (Å²) >= 11 is 0. The number of nitrogens with one attached hydrogen (secondary N) is 1. The first kappa shape index (κ1) is 14.7. The minimum Gasteiger partial charge on any atom is -0.353 e. The second kappa shape index (κ2) is 8.95. The third kappa shape index (κ3) is 6.22. The minimum absolute atomic E-state index is 0. The number of hydrogen-bond acceptors (Lipinski definition) is 2. The molecule has 0 aliphatic heterocycles. The van der Waals surface area contributed by atoms with E-state index in [1.807, 2.05) is 30.3 Å². The number of halogens is 1. The Balaban J connectivity index is 0.00000225. The molecular weight excluding hydrogens is 224 g/mol. The molecule has 0 aliphatic carbocycles. The Hall–Kier alpha value is -1.32. The predicted octanol–water partition coefficient (Wildman–Crippen LogP) is 1.59. The SMILES string of the molecule is Cl.NCCCNC(=O)/C=C/c1ccccc1. The van der Waals surface area contributed by atoms with Gasteiger partial charge in [0.2, 0.25) is 5.91 Å². The van der Waals surface area contributed by atoms with Crippen LogP contribution in [-0.4, -0.2) is 19.0 Å². The molecule has 0 heterocycles. The van der Waals surface area contributed by atoms with Crippen LogP contribution in [0.3, 0.4) is 0 Å². The van der Waals surface area contributed by atoms with Crippen LogP contribution in [0.4, 0.5) is 0 Å². The van der Waals surface area contributed by atoms with E-state index in [4.69, 9.17) is 5.73 Å². The first-order chi connectivity index (χ1) is 7.33. The summed E-state index contributed by atoms with van der Waals surface area (Å²) in [4.78, 5) is 11.3. The molecule has 0 unspecified atom stereocenters. The first-order valence-electron chi connectivity index (χ1n) is 5.04. The number of carbonyl (C=O) groups excluding carboxylic acids is 1. The summed E-state index contributed by atoms with van der Waals surface area (Å²) < 4.78 is 0. The quantitative estimate of drug-likeness (QED) is 0.607. The molecule has 0 atom stereocenters. The Morgan fingerprint density at radius 3 is 2.62 bits per heavy atom. The smallest absolute Gasteiger partial charge is 0.243 e. The lowest BCUT2D eigenvalue weighted by atomic mass is 10.2. The van der Waals surface area contributed by atoms with Gasteiger partial charge in [0.05, 0.1) is 0 Å². The van der Waals surface area contributed by atoms with E-state index in [-0.39, 0.29) is 18.3 Å². The van der Waals surface area contributed by atoms with Gasteiger partial charge in [0.25, 0.3) is 0 Å². The van der Waals surface area contributed by atoms with Crippen molar-refractivity contribution in [3.63, 3.8) is 0 Å². The average molecular weight is 241 g/mol. The van der Waals surface area contributed by atoms with Crippen LogP contribution in [0.1, 0.15) is 12.0 Å². The van der Waals surface area contributed by atoms with Crippen LogP contribution in [0.15, 0.2) is 36.4 Å². The van der Waals surface area contributed by atoms with Gasteiger partial charge >= 0.3 is 0 Å². The Bertz CT molecular complexity index is 325. The molecule has 1 amide bonds. The maximum Gasteiger partial charge on any atom is 0.243 e. The van der Waals surface area contributed by atoms with E-state index in [1.54, 1.807) is 6.08 Å². The van der Waals surface area contributed by atoms with E-state index in [1.165, 1.54) is 6.08 Å². The summed E-state index contributed by atoms with van der Waals surface area (Å²) in [5, 5.41) is 2.75. The lowest BCUT2D eigenvalue weighted by molar-refractivity contribution is -0.116. The normalized spacial score (nSPS) is 9.81. The molecule has 3 nitrogen and oxygen atoms in total. The molecule has 88 valence electrons. The zero-order chi connectivity index (χ0) is 10.9. The summed E-state index contributed by atoms with van der Waals surface area (Å²) in [5.41, 5.74) is 6.33. The van der Waals surface area contributed by atoms with E-state index in [9.17, 15) is 4.79 Å². The van der Waals surface area contributed by atoms with E-state index < -0.39 is 0 Å². The largest absolute Gasteiger partial charge is 0.353 e. The van der Waals surface area contributed by atoms with E-state index in [0.717, 1.165) is 12.0 Å². The number of benzene rings is 1. The maximum absolute atomic E-state index is 11.3. The second-order valence-corrected chi connectivity index (χ2v) is 3.18. The van der Waals surface area contributed by atoms with Crippen molar-refractivity contribution in [2.45, 2.75) is 6.42 Å². The molecule has 0 aliphatic rings. The average Bonchev–Trinajstić information content (AvgIpc) is 2.28. The van der Waals surface area contributed by atoms with Crippen LogP contribution in [0.25, 0.3) is 6.08 Å². The highest BCUT2D eigenvalue weighted by atomic mass is 35.5. The Kier molecular flexibility index (Phi) is 8.21. The standard InChI is InChI=1S/C12H16N2O.ClH/c13-9-4-10-14-12(15)8-7-11-5-2-1-3-6-11;/h1-3,5-8H,4,9-10,13H2,(H,14,15);1H/b8-7+;. The van der Waals surface area contributed by atoms with Crippen molar-refractivity contribution < 1.29 is 4.79 Å². The molecule has 0 radical (unpaired) electrons. The molecule has 0 saturated heterocycles. The fourth-order valence-corrected chi connectivity index (χ4v) is 1.11. The number of carbonyl (C=O) groups is 1. The van der Waals surface area contributed by atoms with Crippen LogP contribution in [0.2, 0.25) is 0 Å². The van der Waals surface area contributed by atoms with Gasteiger partial charge in [-0.1, -0.05) is 30.3 Å². The maximum atomic E-state index is 11.3. The second-order valence-electron chi connectivity index (χ2n) is 3.18. The van der Waals surface area contributed by atoms with Gasteiger partial charge in [-0.05, 0) is 24.6 Å². The van der Waals surface area contributed by atoms with Gasteiger partial charge in [0.15, 0.2) is 0 Å². The molecule has 1 aromatic carbocycles. The van der Waals surface area contributed by atoms with Crippen molar-refractivity contribution in [1.29, 1.82) is 0 Å². The van der Waals surface area contributed by atoms with E-state index in [2.05, 4.69) is 5.32 Å². The number of amides is 1. The molecular formula is C12H17ClN2O. The molecule has 1 aromatic rings. The molecule has 1 rings (SSSR count). The fraction of sp³-hybridized carbons (Fsp3) is 0.250. The molecule has 0 saturated carbocycles. The van der Waals surface area contributed by atoms with Crippen molar-refractivity contribution in [3.8, 4) is 0 Å². The zero-order valence-corrected chi connectivity index (χ0v) is 9.87. The van der Waals surface area contributed by atoms with Crippen molar-refractivity contribution in [1.82, 2.24) is 5.32 Å². The van der Waals surface area contributed by atoms with Crippen LogP contribution >= 0.6 is 12.4 Å². The van der Waals surface area contributed by atoms with Crippen LogP contribution in [0, 0.1) is 0 Å². The molecule has 0 aromatic heterocycles. The van der Waals surface area contributed by atoms with E-state index in [0.29, 0.717) is 13.1 Å². The van der Waals surface area contributed by atoms with Gasteiger partial charge in [-0.3, -0.25) is 4.79 Å². The van der Waals surface area contributed by atoms with Gasteiger partial charge in [-0.25, -0.2) is 0 Å². The minimum atomic E-state index is -0.0766. The summed E-state index contributed by atoms with van der Waals surface area (Å²) in [7, 11) is 0. The Morgan fingerprint density at radius 1 is 1.31 bits per heavy atom. The monoisotopic (exact) mass is 240 g/mol. The lowest BCUT2D eigenvalue weighted by Gasteiger charge is -1.99. The van der Waals surface area contributed by atoms with Crippen LogP contribution in [0.5, 0.6) is 0 Å². The molecule has 0 spiro atoms. The third-order valence-corrected chi connectivity index (χ3v) is 1.91. The van der Waals surface area contributed by atoms with E-state index >= 15 is 0 Å². The topological polar surface area (TPSA) is 55.1 Å². The van der Waals surface area contributed by atoms with Gasteiger partial charge in [-0.15, -0.1) is 12.4 Å². The summed E-state index contributed by atoms with van der Waals surface area (Å²) in [6.45, 7) is 1.23. The highest BCUT2D eigenvalue weighted by molar-refractivity contribution is 5.91. The van der Waals surface area contributed by atoms with Gasteiger partial charge < -0.3 is 11.1 Å². The molecule has 0 fully saturated rings. The van der Waals surface area contributed by atoms with Crippen molar-refractivity contribution >= 4 is 24.4 Å². The van der Waals surface area contributed by atoms with Gasteiger partial charge in [0, 0.05) is 12.6 Å². The summed E-state index contributed by atoms with van der Waals surface area (Å²) in [5.74, 6) is -0.0766. The Morgan fingerprint density at radius 2 is 2.00 bits per heavy atom. The van der Waals surface area contributed by atoms with Crippen molar-refractivity contribution in [3.05, 3.63) is 42.0 Å². The summed E-state index contributed by atoms with van der Waals surface area (Å²) in [6, 6.07) is 9.71. The highest BCUT2D eigenvalue weighted by Gasteiger charge is 1.92. The number of hydrogen-bond donors (Lipinski definition) is 2. The molecule has 0 bridgehead atoms. The van der Waals surface area contributed by atoms with Gasteiger partial charge in [0.1, 0.15) is 0 Å². The van der Waals surface area contributed by atoms with Gasteiger partial charge in [-0.2, -0.15) is 0 Å². The number of rotatable bonds is 5. The molecule has 16 heavy (non-hydrogen) atoms. The van der Waals surface area contributed by atoms with Crippen molar-refractivity contribution in [2.24, 2.45) is 5.73 Å². The molecule has 4 heteroatoms. The zero-order valence-electron chi connectivity index (χ0n) is 9.06. The van der Waals surface area contributed by atoms with Crippen LogP contribution in [-0.2, 0) is 4.79 Å². The predicted molar refractivity (Wildman–Crippen MR) is 69.4 cm³/mol. The van der Waals surface area contributed by atoms with Crippen molar-refractivity contribution in [2.75, 3.05) is 13.1 Å². The third-order valence-electron chi connectivity index (χ3n) is 1.91. The van der Waals surface area contributed by atoms with Crippen LogP contribution < -0.4 is 11.1 Å². The number of nitrogens with two attached hydrogens (primary N) is 1. The highest BCUT2D eigenvalue weighted by Crippen LogP contribution is 2.00.